The molecule has 142 valence electrons. The van der Waals surface area contributed by atoms with Gasteiger partial charge in [-0.15, -0.1) is 0 Å². The van der Waals surface area contributed by atoms with Gasteiger partial charge in [0.15, 0.2) is 0 Å². The largest absolute Gasteiger partial charge is 0.497 e. The number of rotatable bonds is 7. The maximum absolute atomic E-state index is 13.0. The summed E-state index contributed by atoms with van der Waals surface area (Å²) in [6, 6.07) is 24.9. The van der Waals surface area contributed by atoms with Crippen LogP contribution in [0.25, 0.3) is 11.6 Å². The van der Waals surface area contributed by atoms with Crippen molar-refractivity contribution in [1.29, 1.82) is 0 Å². The second-order valence-corrected chi connectivity index (χ2v) is 6.20. The molecule has 0 saturated carbocycles. The Bertz CT molecular complexity index is 947. The number of ether oxygens (including phenoxy) is 2. The van der Waals surface area contributed by atoms with Crippen LogP contribution in [0.15, 0.2) is 78.9 Å². The van der Waals surface area contributed by atoms with Crippen LogP contribution in [0.1, 0.15) is 16.7 Å². The molecule has 0 spiro atoms. The Hall–Kier alpha value is -3.53. The molecule has 1 amide bonds. The molecule has 1 N–H and O–H groups in total. The second kappa shape index (κ2) is 9.42. The number of amides is 1. The Balaban J connectivity index is 1.86. The number of carbonyl (C=O) groups excluding carboxylic acids is 1. The molecule has 3 rings (SSSR count). The second-order valence-electron chi connectivity index (χ2n) is 6.20. The van der Waals surface area contributed by atoms with E-state index < -0.39 is 0 Å². The molecule has 0 bridgehead atoms. The van der Waals surface area contributed by atoms with Gasteiger partial charge in [0.2, 0.25) is 0 Å². The molecule has 0 radical (unpaired) electrons. The van der Waals surface area contributed by atoms with Gasteiger partial charge in [0.25, 0.3) is 5.91 Å². The maximum Gasteiger partial charge on any atom is 0.252 e. The van der Waals surface area contributed by atoms with Crippen LogP contribution in [0.2, 0.25) is 0 Å². The van der Waals surface area contributed by atoms with E-state index in [0.717, 1.165) is 28.2 Å². The molecular weight excluding hydrogens is 350 g/mol. The summed E-state index contributed by atoms with van der Waals surface area (Å²) in [7, 11) is 3.25. The van der Waals surface area contributed by atoms with Gasteiger partial charge < -0.3 is 14.8 Å². The predicted octanol–water partition coefficient (Wildman–Crippen LogP) is 4.56. The topological polar surface area (TPSA) is 47.6 Å². The van der Waals surface area contributed by atoms with Crippen molar-refractivity contribution in [2.45, 2.75) is 6.54 Å². The van der Waals surface area contributed by atoms with Crippen LogP contribution in [-0.4, -0.2) is 20.1 Å². The summed E-state index contributed by atoms with van der Waals surface area (Å²) in [5.74, 6) is 1.36. The van der Waals surface area contributed by atoms with Gasteiger partial charge in [0.1, 0.15) is 11.5 Å². The third-order valence-electron chi connectivity index (χ3n) is 4.38. The molecule has 0 aliphatic rings. The first kappa shape index (κ1) is 19.2. The highest BCUT2D eigenvalue weighted by Crippen LogP contribution is 2.25. The van der Waals surface area contributed by atoms with Crippen molar-refractivity contribution in [1.82, 2.24) is 5.32 Å². The van der Waals surface area contributed by atoms with E-state index in [1.54, 1.807) is 14.2 Å². The first-order valence-electron chi connectivity index (χ1n) is 9.02. The molecular formula is C24H23NO3. The summed E-state index contributed by atoms with van der Waals surface area (Å²) < 4.78 is 10.6. The minimum absolute atomic E-state index is 0.145. The standard InChI is InChI=1S/C24H23NO3/c1-27-21-14-12-18(13-15-21)17-25-24(26)22(19-8-4-3-5-9-19)16-20-10-6-7-11-23(20)28-2/h3-16H,17H2,1-2H3,(H,25,26)/b22-16-. The highest BCUT2D eigenvalue weighted by Gasteiger charge is 2.13. The third kappa shape index (κ3) is 4.80. The SMILES string of the molecule is COc1ccc(CNC(=O)/C(=C\c2ccccc2OC)c2ccccc2)cc1. The van der Waals surface area contributed by atoms with Crippen molar-refractivity contribution in [2.24, 2.45) is 0 Å². The summed E-state index contributed by atoms with van der Waals surface area (Å²) in [5.41, 5.74) is 3.28. The van der Waals surface area contributed by atoms with E-state index in [2.05, 4.69) is 5.32 Å². The smallest absolute Gasteiger partial charge is 0.252 e. The molecule has 0 aliphatic carbocycles. The molecule has 0 saturated heterocycles. The van der Waals surface area contributed by atoms with Crippen LogP contribution in [0.3, 0.4) is 0 Å². The number of hydrogen-bond acceptors (Lipinski definition) is 3. The first-order valence-corrected chi connectivity index (χ1v) is 9.02. The summed E-state index contributed by atoms with van der Waals surface area (Å²) in [6.07, 6.45) is 1.86. The van der Waals surface area contributed by atoms with E-state index in [1.165, 1.54) is 0 Å². The molecule has 4 heteroatoms. The molecule has 3 aromatic rings. The third-order valence-corrected chi connectivity index (χ3v) is 4.38. The number of methoxy groups -OCH3 is 2. The summed E-state index contributed by atoms with van der Waals surface area (Å²) in [4.78, 5) is 13.0. The van der Waals surface area contributed by atoms with Crippen LogP contribution < -0.4 is 14.8 Å². The van der Waals surface area contributed by atoms with E-state index in [0.29, 0.717) is 12.1 Å². The number of para-hydroxylation sites is 1. The predicted molar refractivity (Wildman–Crippen MR) is 112 cm³/mol. The van der Waals surface area contributed by atoms with Crippen molar-refractivity contribution in [3.05, 3.63) is 95.6 Å². The fourth-order valence-corrected chi connectivity index (χ4v) is 2.86. The molecule has 28 heavy (non-hydrogen) atoms. The lowest BCUT2D eigenvalue weighted by molar-refractivity contribution is -0.115. The molecule has 0 unspecified atom stereocenters. The van der Waals surface area contributed by atoms with Crippen molar-refractivity contribution in [2.75, 3.05) is 14.2 Å². The fourth-order valence-electron chi connectivity index (χ4n) is 2.86. The van der Waals surface area contributed by atoms with E-state index in [9.17, 15) is 4.79 Å². The lowest BCUT2D eigenvalue weighted by Crippen LogP contribution is -2.23. The molecule has 0 fully saturated rings. The Morgan fingerprint density at radius 3 is 2.21 bits per heavy atom. The van der Waals surface area contributed by atoms with E-state index in [-0.39, 0.29) is 5.91 Å². The van der Waals surface area contributed by atoms with Gasteiger partial charge in [-0.25, -0.2) is 0 Å². The van der Waals surface area contributed by atoms with Crippen LogP contribution in [0.4, 0.5) is 0 Å². The van der Waals surface area contributed by atoms with Gasteiger partial charge in [-0.05, 0) is 35.4 Å². The van der Waals surface area contributed by atoms with E-state index in [4.69, 9.17) is 9.47 Å². The van der Waals surface area contributed by atoms with Crippen molar-refractivity contribution >= 4 is 17.6 Å². The molecule has 0 aromatic heterocycles. The van der Waals surface area contributed by atoms with Gasteiger partial charge in [-0.3, -0.25) is 4.79 Å². The van der Waals surface area contributed by atoms with Crippen molar-refractivity contribution in [3.63, 3.8) is 0 Å². The highest BCUT2D eigenvalue weighted by atomic mass is 16.5. The zero-order valence-corrected chi connectivity index (χ0v) is 16.0. The average Bonchev–Trinajstić information content (AvgIpc) is 2.77. The maximum atomic E-state index is 13.0. The van der Waals surface area contributed by atoms with Crippen LogP contribution in [-0.2, 0) is 11.3 Å². The zero-order chi connectivity index (χ0) is 19.8. The highest BCUT2D eigenvalue weighted by molar-refractivity contribution is 6.24. The van der Waals surface area contributed by atoms with Crippen molar-refractivity contribution < 1.29 is 14.3 Å². The van der Waals surface area contributed by atoms with Gasteiger partial charge in [-0.2, -0.15) is 0 Å². The Morgan fingerprint density at radius 1 is 0.857 bits per heavy atom. The van der Waals surface area contributed by atoms with Gasteiger partial charge in [-0.1, -0.05) is 60.7 Å². The number of nitrogens with one attached hydrogen (secondary N) is 1. The zero-order valence-electron chi connectivity index (χ0n) is 16.0. The van der Waals surface area contributed by atoms with E-state index in [1.807, 2.05) is 84.9 Å². The molecule has 4 nitrogen and oxygen atoms in total. The quantitative estimate of drug-likeness (QED) is 0.488. The molecule has 0 atom stereocenters. The van der Waals surface area contributed by atoms with Crippen LogP contribution in [0.5, 0.6) is 11.5 Å². The fraction of sp³-hybridized carbons (Fsp3) is 0.125. The monoisotopic (exact) mass is 373 g/mol. The Labute approximate surface area is 165 Å². The Morgan fingerprint density at radius 2 is 1.54 bits per heavy atom. The molecule has 0 heterocycles. The summed E-state index contributed by atoms with van der Waals surface area (Å²) in [6.45, 7) is 0.429. The van der Waals surface area contributed by atoms with Gasteiger partial charge in [0.05, 0.1) is 14.2 Å². The minimum atomic E-state index is -0.145. The number of hydrogen-bond donors (Lipinski definition) is 1. The molecule has 0 aliphatic heterocycles. The van der Waals surface area contributed by atoms with Crippen LogP contribution in [0, 0.1) is 0 Å². The van der Waals surface area contributed by atoms with Crippen LogP contribution >= 0.6 is 0 Å². The van der Waals surface area contributed by atoms with Crippen molar-refractivity contribution in [3.8, 4) is 11.5 Å². The minimum Gasteiger partial charge on any atom is -0.497 e. The number of benzene rings is 3. The first-order chi connectivity index (χ1) is 13.7. The average molecular weight is 373 g/mol. The normalized spacial score (nSPS) is 11.0. The molecule has 3 aromatic carbocycles. The Kier molecular flexibility index (Phi) is 6.47. The lowest BCUT2D eigenvalue weighted by atomic mass is 10.0. The summed E-state index contributed by atoms with van der Waals surface area (Å²) >= 11 is 0. The number of carbonyl (C=O) groups is 1. The van der Waals surface area contributed by atoms with Gasteiger partial charge >= 0.3 is 0 Å². The summed E-state index contributed by atoms with van der Waals surface area (Å²) in [5, 5.41) is 3.00. The van der Waals surface area contributed by atoms with E-state index >= 15 is 0 Å². The van der Waals surface area contributed by atoms with Gasteiger partial charge in [0, 0.05) is 17.7 Å². The lowest BCUT2D eigenvalue weighted by Gasteiger charge is -2.11.